The van der Waals surface area contributed by atoms with Gasteiger partial charge in [-0.15, -0.1) is 0 Å². The summed E-state index contributed by atoms with van der Waals surface area (Å²) in [6, 6.07) is 3.67. The van der Waals surface area contributed by atoms with Crippen molar-refractivity contribution in [2.45, 2.75) is 13.0 Å². The molecule has 2 aromatic heterocycles. The molecule has 2 aromatic rings. The Morgan fingerprint density at radius 1 is 1.50 bits per heavy atom. The van der Waals surface area contributed by atoms with Crippen molar-refractivity contribution in [2.75, 3.05) is 19.6 Å². The van der Waals surface area contributed by atoms with Crippen molar-refractivity contribution in [1.29, 1.82) is 0 Å². The van der Waals surface area contributed by atoms with E-state index >= 15 is 0 Å². The van der Waals surface area contributed by atoms with Crippen molar-refractivity contribution in [1.82, 2.24) is 30.0 Å². The quantitative estimate of drug-likeness (QED) is 0.839. The van der Waals surface area contributed by atoms with E-state index in [0.29, 0.717) is 11.4 Å². The number of piperazine rings is 1. The van der Waals surface area contributed by atoms with E-state index in [-0.39, 0.29) is 11.9 Å². The van der Waals surface area contributed by atoms with Gasteiger partial charge in [0.15, 0.2) is 5.82 Å². The molecule has 0 aliphatic carbocycles. The lowest BCUT2D eigenvalue weighted by atomic mass is 10.1. The number of aromatic nitrogens is 4. The molecule has 1 aliphatic heterocycles. The van der Waals surface area contributed by atoms with Gasteiger partial charge < -0.3 is 10.2 Å². The summed E-state index contributed by atoms with van der Waals surface area (Å²) >= 11 is 0. The number of hydrogen-bond donors (Lipinski definition) is 1. The number of nitrogens with one attached hydrogen (secondary N) is 1. The number of hydrogen-bond acceptors (Lipinski definition) is 5. The van der Waals surface area contributed by atoms with Crippen LogP contribution in [0.15, 0.2) is 31.0 Å². The molecular weight excluding hydrogens is 256 g/mol. The predicted molar refractivity (Wildman–Crippen MR) is 72.5 cm³/mol. The van der Waals surface area contributed by atoms with Gasteiger partial charge >= 0.3 is 0 Å². The molecule has 1 atom stereocenters. The summed E-state index contributed by atoms with van der Waals surface area (Å²) in [6.45, 7) is 4.43. The van der Waals surface area contributed by atoms with Crippen LogP contribution in [0.2, 0.25) is 0 Å². The maximum Gasteiger partial charge on any atom is 0.254 e. The van der Waals surface area contributed by atoms with Crippen molar-refractivity contribution in [3.63, 3.8) is 0 Å². The van der Waals surface area contributed by atoms with E-state index in [9.17, 15) is 4.79 Å². The molecular formula is C13H16N6O. The second-order valence-electron chi connectivity index (χ2n) is 4.79. The van der Waals surface area contributed by atoms with Gasteiger partial charge in [-0.05, 0) is 19.1 Å². The lowest BCUT2D eigenvalue weighted by Crippen LogP contribution is -2.52. The molecule has 0 unspecified atom stereocenters. The van der Waals surface area contributed by atoms with E-state index in [1.54, 1.807) is 24.7 Å². The van der Waals surface area contributed by atoms with Gasteiger partial charge in [-0.1, -0.05) is 0 Å². The Kier molecular flexibility index (Phi) is 3.42. The average Bonchev–Trinajstić information content (AvgIpc) is 3.01. The van der Waals surface area contributed by atoms with Crippen LogP contribution in [-0.4, -0.2) is 56.2 Å². The zero-order chi connectivity index (χ0) is 13.9. The summed E-state index contributed by atoms with van der Waals surface area (Å²) in [5, 5.41) is 7.30. The minimum Gasteiger partial charge on any atom is -0.333 e. The lowest BCUT2D eigenvalue weighted by molar-refractivity contribution is 0.0655. The number of nitrogens with zero attached hydrogens (tertiary/aromatic N) is 5. The highest BCUT2D eigenvalue weighted by atomic mass is 16.2. The van der Waals surface area contributed by atoms with Crippen molar-refractivity contribution in [2.24, 2.45) is 0 Å². The topological polar surface area (TPSA) is 75.9 Å². The molecule has 0 bridgehead atoms. The molecule has 1 aliphatic rings. The fourth-order valence-corrected chi connectivity index (χ4v) is 2.31. The van der Waals surface area contributed by atoms with Crippen LogP contribution in [0.1, 0.15) is 17.3 Å². The summed E-state index contributed by atoms with van der Waals surface area (Å²) in [7, 11) is 0. The lowest BCUT2D eigenvalue weighted by Gasteiger charge is -2.34. The van der Waals surface area contributed by atoms with Crippen molar-refractivity contribution >= 4 is 5.91 Å². The monoisotopic (exact) mass is 272 g/mol. The van der Waals surface area contributed by atoms with Gasteiger partial charge in [0.2, 0.25) is 0 Å². The second kappa shape index (κ2) is 5.38. The first-order valence-corrected chi connectivity index (χ1v) is 6.58. The van der Waals surface area contributed by atoms with Gasteiger partial charge in [0, 0.05) is 37.4 Å². The van der Waals surface area contributed by atoms with E-state index in [0.717, 1.165) is 19.6 Å². The average molecular weight is 272 g/mol. The Morgan fingerprint density at radius 3 is 3.15 bits per heavy atom. The number of carbonyl (C=O) groups excluding carboxylic acids is 1. The molecule has 104 valence electrons. The first kappa shape index (κ1) is 12.7. The largest absolute Gasteiger partial charge is 0.333 e. The molecule has 0 spiro atoms. The minimum absolute atomic E-state index is 0.0303. The van der Waals surface area contributed by atoms with Gasteiger partial charge in [-0.25, -0.2) is 14.6 Å². The summed E-state index contributed by atoms with van der Waals surface area (Å²) in [5.74, 6) is 0.624. The third-order valence-corrected chi connectivity index (χ3v) is 3.41. The van der Waals surface area contributed by atoms with Crippen LogP contribution in [0.25, 0.3) is 5.82 Å². The van der Waals surface area contributed by atoms with Crippen LogP contribution in [0, 0.1) is 0 Å². The van der Waals surface area contributed by atoms with Gasteiger partial charge in [0.05, 0.1) is 0 Å². The van der Waals surface area contributed by atoms with Crippen LogP contribution in [0.4, 0.5) is 0 Å². The number of amides is 1. The van der Waals surface area contributed by atoms with Crippen molar-refractivity contribution in [3.05, 3.63) is 36.5 Å². The van der Waals surface area contributed by atoms with E-state index in [1.807, 2.05) is 11.8 Å². The molecule has 1 fully saturated rings. The Labute approximate surface area is 116 Å². The van der Waals surface area contributed by atoms with E-state index in [2.05, 4.69) is 20.4 Å². The van der Waals surface area contributed by atoms with E-state index < -0.39 is 0 Å². The van der Waals surface area contributed by atoms with Crippen molar-refractivity contribution in [3.8, 4) is 5.82 Å². The summed E-state index contributed by atoms with van der Waals surface area (Å²) in [4.78, 5) is 22.5. The number of carbonyl (C=O) groups is 1. The van der Waals surface area contributed by atoms with Crippen LogP contribution in [-0.2, 0) is 0 Å². The third-order valence-electron chi connectivity index (χ3n) is 3.41. The normalized spacial score (nSPS) is 19.1. The van der Waals surface area contributed by atoms with Gasteiger partial charge in [-0.3, -0.25) is 4.79 Å². The number of pyridine rings is 1. The summed E-state index contributed by atoms with van der Waals surface area (Å²) in [6.07, 6.45) is 4.62. The van der Waals surface area contributed by atoms with Gasteiger partial charge in [0.25, 0.3) is 5.91 Å². The fourth-order valence-electron chi connectivity index (χ4n) is 2.31. The number of rotatable bonds is 2. The molecule has 7 nitrogen and oxygen atoms in total. The standard InChI is InChI=1S/C13H16N6O/c1-10-7-14-4-5-18(10)13(20)11-2-3-16-12(6-11)19-9-15-8-17-19/h2-3,6,8-10,14H,4-5,7H2,1H3/t10-/m0/s1. The molecule has 3 rings (SSSR count). The molecule has 7 heteroatoms. The fraction of sp³-hybridized carbons (Fsp3) is 0.385. The molecule has 1 N–H and O–H groups in total. The van der Waals surface area contributed by atoms with E-state index in [1.165, 1.54) is 11.0 Å². The highest BCUT2D eigenvalue weighted by Crippen LogP contribution is 2.12. The molecule has 0 saturated carbocycles. The van der Waals surface area contributed by atoms with Crippen molar-refractivity contribution < 1.29 is 4.79 Å². The Bertz CT molecular complexity index is 597. The SMILES string of the molecule is C[C@H]1CNCCN1C(=O)c1ccnc(-n2cncn2)c1. The predicted octanol–water partition coefficient (Wildman–Crippen LogP) is 0.0962. The summed E-state index contributed by atoms with van der Waals surface area (Å²) in [5.41, 5.74) is 0.624. The first-order valence-electron chi connectivity index (χ1n) is 6.58. The maximum absolute atomic E-state index is 12.6. The molecule has 0 aromatic carbocycles. The smallest absolute Gasteiger partial charge is 0.254 e. The molecule has 1 amide bonds. The Hall–Kier alpha value is -2.28. The van der Waals surface area contributed by atoms with Gasteiger partial charge in [0.1, 0.15) is 12.7 Å². The first-order chi connectivity index (χ1) is 9.75. The highest BCUT2D eigenvalue weighted by molar-refractivity contribution is 5.94. The van der Waals surface area contributed by atoms with Gasteiger partial charge in [-0.2, -0.15) is 5.10 Å². The molecule has 1 saturated heterocycles. The molecule has 0 radical (unpaired) electrons. The minimum atomic E-state index is 0.0303. The molecule has 3 heterocycles. The Morgan fingerprint density at radius 2 is 2.40 bits per heavy atom. The maximum atomic E-state index is 12.6. The third kappa shape index (κ3) is 2.39. The van der Waals surface area contributed by atoms with Crippen LogP contribution in [0.5, 0.6) is 0 Å². The van der Waals surface area contributed by atoms with Crippen LogP contribution in [0.3, 0.4) is 0 Å². The van der Waals surface area contributed by atoms with Crippen LogP contribution < -0.4 is 5.32 Å². The highest BCUT2D eigenvalue weighted by Gasteiger charge is 2.24. The Balaban J connectivity index is 1.86. The van der Waals surface area contributed by atoms with Crippen LogP contribution >= 0.6 is 0 Å². The van der Waals surface area contributed by atoms with E-state index in [4.69, 9.17) is 0 Å². The zero-order valence-electron chi connectivity index (χ0n) is 11.2. The molecule has 20 heavy (non-hydrogen) atoms. The second-order valence-corrected chi connectivity index (χ2v) is 4.79. The summed E-state index contributed by atoms with van der Waals surface area (Å²) < 4.78 is 1.54. The zero-order valence-corrected chi connectivity index (χ0v) is 11.2.